The fraction of sp³-hybridized carbons (Fsp3) is 0.333. The van der Waals surface area contributed by atoms with E-state index in [4.69, 9.17) is 14.9 Å². The van der Waals surface area contributed by atoms with Crippen LogP contribution in [0.25, 0.3) is 11.2 Å². The highest BCUT2D eigenvalue weighted by Crippen LogP contribution is 2.35. The monoisotopic (exact) mass is 420 g/mol. The fourth-order valence-corrected chi connectivity index (χ4v) is 3.00. The highest BCUT2D eigenvalue weighted by Gasteiger charge is 2.45. The zero-order chi connectivity index (χ0) is 21.4. The molecular weight excluding hydrogens is 404 g/mol. The normalized spacial score (nSPS) is 24.1. The molecule has 1 aliphatic rings. The predicted octanol–water partition coefficient (Wildman–Crippen LogP) is -1.03. The predicted molar refractivity (Wildman–Crippen MR) is 99.3 cm³/mol. The van der Waals surface area contributed by atoms with Crippen molar-refractivity contribution in [3.8, 4) is 0 Å². The van der Waals surface area contributed by atoms with E-state index in [1.54, 1.807) is 0 Å². The molecule has 0 aliphatic carbocycles. The lowest BCUT2D eigenvalue weighted by atomic mass is 10.1. The van der Waals surface area contributed by atoms with Crippen molar-refractivity contribution < 1.29 is 29.4 Å². The van der Waals surface area contributed by atoms with Crippen molar-refractivity contribution in [2.45, 2.75) is 24.5 Å². The number of hydrazone groups is 1. The summed E-state index contributed by atoms with van der Waals surface area (Å²) in [6, 6.07) is 2.52. The Kier molecular flexibility index (Phi) is 5.00. The minimum Gasteiger partial charge on any atom is -0.400 e. The number of fused-ring (bicyclic) bond motifs is 1. The molecule has 1 saturated heterocycles. The van der Waals surface area contributed by atoms with Crippen LogP contribution in [0.2, 0.25) is 0 Å². The number of nitrogens with zero attached hydrogens (tertiary/aromatic N) is 6. The molecule has 4 unspecified atom stereocenters. The molecule has 0 amide bonds. The van der Waals surface area contributed by atoms with Gasteiger partial charge in [0.1, 0.15) is 29.6 Å². The van der Waals surface area contributed by atoms with E-state index in [0.29, 0.717) is 0 Å². The number of aromatic nitrogens is 4. The molecule has 4 rings (SSSR count). The van der Waals surface area contributed by atoms with Crippen LogP contribution in [-0.4, -0.2) is 70.9 Å². The van der Waals surface area contributed by atoms with Gasteiger partial charge in [0.25, 0.3) is 0 Å². The Balaban J connectivity index is 1.69. The van der Waals surface area contributed by atoms with Gasteiger partial charge < -0.3 is 30.2 Å². The number of nitrogens with one attached hydrogen (secondary N) is 1. The molecule has 30 heavy (non-hydrogen) atoms. The summed E-state index contributed by atoms with van der Waals surface area (Å²) in [6.45, 7) is -0.517. The van der Waals surface area contributed by atoms with Gasteiger partial charge in [-0.3, -0.25) is 14.7 Å². The number of nitro groups is 1. The maximum atomic E-state index is 10.7. The lowest BCUT2D eigenvalue weighted by Gasteiger charge is -2.18. The van der Waals surface area contributed by atoms with Gasteiger partial charge in [0.15, 0.2) is 29.0 Å². The van der Waals surface area contributed by atoms with Crippen molar-refractivity contribution in [3.05, 3.63) is 34.3 Å². The van der Waals surface area contributed by atoms with Gasteiger partial charge in [0.2, 0.25) is 5.95 Å². The number of furan rings is 1. The Morgan fingerprint density at radius 1 is 1.37 bits per heavy atom. The molecule has 0 aromatic carbocycles. The van der Waals surface area contributed by atoms with Crippen molar-refractivity contribution in [3.63, 3.8) is 0 Å². The van der Waals surface area contributed by atoms with Gasteiger partial charge in [-0.05, 0) is 6.07 Å². The van der Waals surface area contributed by atoms with Crippen molar-refractivity contribution >= 4 is 35.0 Å². The molecular formula is C15H16N8O7. The van der Waals surface area contributed by atoms with E-state index in [2.05, 4.69) is 25.5 Å². The first kappa shape index (κ1) is 19.6. The van der Waals surface area contributed by atoms with E-state index < -0.39 is 42.0 Å². The second-order valence-electron chi connectivity index (χ2n) is 6.27. The Hall–Kier alpha value is -3.66. The summed E-state index contributed by atoms with van der Waals surface area (Å²) in [4.78, 5) is 22.2. The summed E-state index contributed by atoms with van der Waals surface area (Å²) in [5.41, 5.74) is 8.80. The highest BCUT2D eigenvalue weighted by atomic mass is 16.6. The molecule has 158 valence electrons. The average Bonchev–Trinajstić information content (AvgIpc) is 3.40. The summed E-state index contributed by atoms with van der Waals surface area (Å²) >= 11 is 0. The van der Waals surface area contributed by atoms with Gasteiger partial charge in [-0.2, -0.15) is 5.10 Å². The number of hydrogen-bond donors (Lipinski definition) is 5. The molecule has 6 N–H and O–H groups in total. The smallest absolute Gasteiger partial charge is 0.400 e. The third-order valence-electron chi connectivity index (χ3n) is 4.43. The molecule has 0 radical (unpaired) electrons. The van der Waals surface area contributed by atoms with Crippen LogP contribution in [0.1, 0.15) is 12.0 Å². The van der Waals surface area contributed by atoms with Crippen LogP contribution in [0.15, 0.2) is 28.0 Å². The number of anilines is 2. The van der Waals surface area contributed by atoms with E-state index >= 15 is 0 Å². The summed E-state index contributed by atoms with van der Waals surface area (Å²) in [5.74, 6) is -0.272. The van der Waals surface area contributed by atoms with Crippen LogP contribution in [0, 0.1) is 10.1 Å². The van der Waals surface area contributed by atoms with Crippen molar-refractivity contribution in [2.75, 3.05) is 17.8 Å². The Labute approximate surface area is 166 Å². The molecule has 15 heteroatoms. The van der Waals surface area contributed by atoms with E-state index in [9.17, 15) is 25.4 Å². The van der Waals surface area contributed by atoms with Gasteiger partial charge >= 0.3 is 5.88 Å². The number of imidazole rings is 1. The maximum absolute atomic E-state index is 10.7. The van der Waals surface area contributed by atoms with Crippen LogP contribution < -0.4 is 11.2 Å². The van der Waals surface area contributed by atoms with E-state index in [1.165, 1.54) is 29.2 Å². The number of aliphatic hydroxyl groups excluding tert-OH is 3. The molecule has 3 aromatic rings. The van der Waals surface area contributed by atoms with Gasteiger partial charge in [0, 0.05) is 0 Å². The molecule has 1 fully saturated rings. The SMILES string of the molecule is Nc1ncnc2c1nc(NN=Cc1ccc([N+](=O)[O-])o1)n2C1OC(CO)C(O)C1O. The first-order chi connectivity index (χ1) is 14.4. The summed E-state index contributed by atoms with van der Waals surface area (Å²) in [6.07, 6.45) is -2.60. The molecule has 1 aliphatic heterocycles. The number of ether oxygens (including phenoxy) is 1. The molecule has 0 saturated carbocycles. The summed E-state index contributed by atoms with van der Waals surface area (Å²) in [7, 11) is 0. The molecule has 0 spiro atoms. The zero-order valence-electron chi connectivity index (χ0n) is 15.1. The minimum absolute atomic E-state index is 0.0179. The van der Waals surface area contributed by atoms with Gasteiger partial charge in [-0.1, -0.05) is 0 Å². The molecule has 0 bridgehead atoms. The fourth-order valence-electron chi connectivity index (χ4n) is 3.00. The number of nitrogens with two attached hydrogens (primary N) is 1. The zero-order valence-corrected chi connectivity index (χ0v) is 15.1. The summed E-state index contributed by atoms with van der Waals surface area (Å²) < 4.78 is 11.8. The van der Waals surface area contributed by atoms with Crippen molar-refractivity contribution in [2.24, 2.45) is 5.10 Å². The number of rotatable bonds is 6. The van der Waals surface area contributed by atoms with E-state index in [-0.39, 0.29) is 28.7 Å². The second kappa shape index (κ2) is 7.64. The van der Waals surface area contributed by atoms with Crippen LogP contribution in [0.5, 0.6) is 0 Å². The Morgan fingerprint density at radius 3 is 2.83 bits per heavy atom. The standard InChI is InChI=1S/C15H16N8O7/c16-12-9-13(18-5-17-12)22(14-11(26)10(25)7(4-24)30-14)15(20-9)21-19-3-6-1-2-8(29-6)23(27)28/h1-3,5,7,10-11,14,24-26H,4H2,(H,20,21)(H2,16,17,18). The van der Waals surface area contributed by atoms with Gasteiger partial charge in [-0.15, -0.1) is 0 Å². The number of aliphatic hydroxyl groups is 3. The largest absolute Gasteiger partial charge is 0.433 e. The third kappa shape index (κ3) is 3.30. The Bertz CT molecular complexity index is 1110. The lowest BCUT2D eigenvalue weighted by molar-refractivity contribution is -0.402. The van der Waals surface area contributed by atoms with E-state index in [1.807, 2.05) is 0 Å². The molecule has 15 nitrogen and oxygen atoms in total. The van der Waals surface area contributed by atoms with Crippen LogP contribution in [-0.2, 0) is 4.74 Å². The number of nitrogen functional groups attached to an aromatic ring is 1. The molecule has 4 heterocycles. The average molecular weight is 420 g/mol. The van der Waals surface area contributed by atoms with E-state index in [0.717, 1.165) is 0 Å². The van der Waals surface area contributed by atoms with Crippen LogP contribution in [0.3, 0.4) is 0 Å². The first-order valence-electron chi connectivity index (χ1n) is 8.55. The molecule has 4 atom stereocenters. The topological polar surface area (TPSA) is 220 Å². The van der Waals surface area contributed by atoms with Crippen LogP contribution in [0.4, 0.5) is 17.7 Å². The highest BCUT2D eigenvalue weighted by molar-refractivity contribution is 5.84. The summed E-state index contributed by atoms with van der Waals surface area (Å²) in [5, 5.41) is 44.4. The molecule has 3 aromatic heterocycles. The van der Waals surface area contributed by atoms with Gasteiger partial charge in [-0.25, -0.2) is 20.4 Å². The van der Waals surface area contributed by atoms with Gasteiger partial charge in [0.05, 0.1) is 18.9 Å². The second-order valence-corrected chi connectivity index (χ2v) is 6.27. The first-order valence-corrected chi connectivity index (χ1v) is 8.55. The number of hydrogen-bond acceptors (Lipinski definition) is 13. The minimum atomic E-state index is -1.41. The maximum Gasteiger partial charge on any atom is 0.433 e. The lowest BCUT2D eigenvalue weighted by Crippen LogP contribution is -2.33. The van der Waals surface area contributed by atoms with Crippen molar-refractivity contribution in [1.82, 2.24) is 19.5 Å². The Morgan fingerprint density at radius 2 is 2.17 bits per heavy atom. The third-order valence-corrected chi connectivity index (χ3v) is 4.43. The van der Waals surface area contributed by atoms with Crippen LogP contribution >= 0.6 is 0 Å². The quantitative estimate of drug-likeness (QED) is 0.183. The van der Waals surface area contributed by atoms with Crippen molar-refractivity contribution in [1.29, 1.82) is 0 Å².